The van der Waals surface area contributed by atoms with Crippen molar-refractivity contribution in [3.63, 3.8) is 0 Å². The minimum Gasteiger partial charge on any atom is -0.317 e. The van der Waals surface area contributed by atoms with E-state index in [2.05, 4.69) is 54.5 Å². The molecule has 0 aliphatic carbocycles. The van der Waals surface area contributed by atoms with Gasteiger partial charge in [0.15, 0.2) is 0 Å². The maximum absolute atomic E-state index is 3.53. The van der Waals surface area contributed by atoms with E-state index in [0.29, 0.717) is 0 Å². The van der Waals surface area contributed by atoms with Crippen LogP contribution >= 0.6 is 11.8 Å². The topological polar surface area (TPSA) is 12.0 Å². The molecule has 1 atom stereocenters. The third kappa shape index (κ3) is 5.58. The fraction of sp³-hybridized carbons (Fsp3) is 0.647. The Labute approximate surface area is 122 Å². The third-order valence-corrected chi connectivity index (χ3v) is 5.28. The highest BCUT2D eigenvalue weighted by Crippen LogP contribution is 2.27. The Morgan fingerprint density at radius 1 is 1.21 bits per heavy atom. The summed E-state index contributed by atoms with van der Waals surface area (Å²) in [5.74, 6) is 3.73. The predicted octanol–water partition coefficient (Wildman–Crippen LogP) is 4.13. The zero-order chi connectivity index (χ0) is 13.3. The molecule has 0 bridgehead atoms. The van der Waals surface area contributed by atoms with E-state index in [4.69, 9.17) is 0 Å². The molecule has 1 aliphatic heterocycles. The van der Waals surface area contributed by atoms with Crippen molar-refractivity contribution in [3.8, 4) is 0 Å². The van der Waals surface area contributed by atoms with Crippen LogP contribution in [0.5, 0.6) is 0 Å². The highest BCUT2D eigenvalue weighted by Gasteiger charge is 2.17. The Hall–Kier alpha value is -0.470. The van der Waals surface area contributed by atoms with Crippen molar-refractivity contribution in [2.24, 2.45) is 5.92 Å². The Kier molecular flexibility index (Phi) is 6.80. The summed E-state index contributed by atoms with van der Waals surface area (Å²) < 4.78 is 0. The highest BCUT2D eigenvalue weighted by molar-refractivity contribution is 7.99. The van der Waals surface area contributed by atoms with Gasteiger partial charge in [0.1, 0.15) is 0 Å². The van der Waals surface area contributed by atoms with Gasteiger partial charge in [0.2, 0.25) is 0 Å². The number of benzene rings is 1. The first-order valence-electron chi connectivity index (χ1n) is 7.67. The van der Waals surface area contributed by atoms with E-state index in [9.17, 15) is 0 Å². The van der Waals surface area contributed by atoms with Gasteiger partial charge in [-0.25, -0.2) is 0 Å². The number of aryl methyl sites for hydroxylation is 1. The lowest BCUT2D eigenvalue weighted by Gasteiger charge is -2.26. The van der Waals surface area contributed by atoms with Crippen LogP contribution in [0.3, 0.4) is 0 Å². The summed E-state index contributed by atoms with van der Waals surface area (Å²) in [5.41, 5.74) is 1.48. The van der Waals surface area contributed by atoms with E-state index >= 15 is 0 Å². The molecule has 19 heavy (non-hydrogen) atoms. The Morgan fingerprint density at radius 2 is 1.95 bits per heavy atom. The van der Waals surface area contributed by atoms with Crippen LogP contribution in [-0.2, 0) is 6.42 Å². The molecule has 1 N–H and O–H groups in total. The quantitative estimate of drug-likeness (QED) is 0.804. The summed E-state index contributed by atoms with van der Waals surface area (Å²) >= 11 is 2.13. The van der Waals surface area contributed by atoms with Gasteiger partial charge in [-0.05, 0) is 68.6 Å². The van der Waals surface area contributed by atoms with Gasteiger partial charge < -0.3 is 5.32 Å². The van der Waals surface area contributed by atoms with Gasteiger partial charge in [0.25, 0.3) is 0 Å². The van der Waals surface area contributed by atoms with Crippen LogP contribution < -0.4 is 5.32 Å². The maximum atomic E-state index is 3.53. The molecule has 1 fully saturated rings. The molecule has 0 aromatic heterocycles. The van der Waals surface area contributed by atoms with E-state index < -0.39 is 0 Å². The van der Waals surface area contributed by atoms with E-state index in [1.54, 1.807) is 0 Å². The maximum Gasteiger partial charge on any atom is 0.00668 e. The summed E-state index contributed by atoms with van der Waals surface area (Å²) in [6.45, 7) is 0. The minimum absolute atomic E-state index is 0.719. The van der Waals surface area contributed by atoms with Crippen molar-refractivity contribution in [1.29, 1.82) is 0 Å². The molecule has 106 valence electrons. The zero-order valence-electron chi connectivity index (χ0n) is 12.1. The first kappa shape index (κ1) is 14.9. The molecule has 0 spiro atoms. The van der Waals surface area contributed by atoms with E-state index in [1.165, 1.54) is 55.6 Å². The molecular formula is C17H27NS. The monoisotopic (exact) mass is 277 g/mol. The van der Waals surface area contributed by atoms with E-state index in [1.807, 2.05) is 0 Å². The zero-order valence-corrected chi connectivity index (χ0v) is 12.9. The second kappa shape index (κ2) is 8.65. The normalized spacial score (nSPS) is 18.4. The van der Waals surface area contributed by atoms with Crippen LogP contribution in [0.1, 0.15) is 37.7 Å². The summed E-state index contributed by atoms with van der Waals surface area (Å²) in [7, 11) is 2.13. The van der Waals surface area contributed by atoms with Gasteiger partial charge in [0, 0.05) is 6.04 Å². The average Bonchev–Trinajstić information content (AvgIpc) is 2.48. The van der Waals surface area contributed by atoms with Gasteiger partial charge in [0.05, 0.1) is 0 Å². The molecule has 2 rings (SSSR count). The summed E-state index contributed by atoms with van der Waals surface area (Å²) in [4.78, 5) is 0. The van der Waals surface area contributed by atoms with Crippen molar-refractivity contribution >= 4 is 11.8 Å². The van der Waals surface area contributed by atoms with Gasteiger partial charge in [-0.2, -0.15) is 11.8 Å². The lowest BCUT2D eigenvalue weighted by Crippen LogP contribution is -2.29. The summed E-state index contributed by atoms with van der Waals surface area (Å²) in [5, 5.41) is 3.53. The van der Waals surface area contributed by atoms with Crippen LogP contribution in [0, 0.1) is 5.92 Å². The summed E-state index contributed by atoms with van der Waals surface area (Å²) in [6.07, 6.45) is 8.08. The number of thioether (sulfide) groups is 1. The molecule has 2 heteroatoms. The largest absolute Gasteiger partial charge is 0.317 e. The molecule has 0 saturated carbocycles. The van der Waals surface area contributed by atoms with Gasteiger partial charge in [-0.15, -0.1) is 0 Å². The van der Waals surface area contributed by atoms with Crippen LogP contribution in [0.4, 0.5) is 0 Å². The molecule has 1 nitrogen and oxygen atoms in total. The summed E-state index contributed by atoms with van der Waals surface area (Å²) in [6, 6.07) is 11.6. The molecule has 1 saturated heterocycles. The fourth-order valence-electron chi connectivity index (χ4n) is 2.96. The lowest BCUT2D eigenvalue weighted by atomic mass is 9.91. The van der Waals surface area contributed by atoms with Crippen LogP contribution in [0.2, 0.25) is 0 Å². The van der Waals surface area contributed by atoms with Crippen molar-refractivity contribution < 1.29 is 0 Å². The van der Waals surface area contributed by atoms with Crippen LogP contribution in [0.25, 0.3) is 0 Å². The average molecular weight is 277 g/mol. The molecule has 0 amide bonds. The standard InChI is InChI=1S/C17H27NS/c1-18-17(14-16-10-12-19-13-11-16)9-5-8-15-6-3-2-4-7-15/h2-4,6-7,16-18H,5,8-14H2,1H3. The van der Waals surface area contributed by atoms with Crippen LogP contribution in [-0.4, -0.2) is 24.6 Å². The molecule has 1 unspecified atom stereocenters. The fourth-order valence-corrected chi connectivity index (χ4v) is 4.17. The van der Waals surface area contributed by atoms with E-state index in [-0.39, 0.29) is 0 Å². The predicted molar refractivity (Wildman–Crippen MR) is 86.9 cm³/mol. The molecule has 1 heterocycles. The number of hydrogen-bond acceptors (Lipinski definition) is 2. The molecule has 1 aliphatic rings. The SMILES string of the molecule is CNC(CCCc1ccccc1)CC1CCSCC1. The Balaban J connectivity index is 1.67. The minimum atomic E-state index is 0.719. The molecule has 1 aromatic rings. The Morgan fingerprint density at radius 3 is 2.63 bits per heavy atom. The lowest BCUT2D eigenvalue weighted by molar-refractivity contribution is 0.360. The highest BCUT2D eigenvalue weighted by atomic mass is 32.2. The van der Waals surface area contributed by atoms with Gasteiger partial charge in [-0.3, -0.25) is 0 Å². The van der Waals surface area contributed by atoms with E-state index in [0.717, 1.165) is 12.0 Å². The third-order valence-electron chi connectivity index (χ3n) is 4.23. The second-order valence-electron chi connectivity index (χ2n) is 5.65. The first-order valence-corrected chi connectivity index (χ1v) is 8.83. The molecular weight excluding hydrogens is 250 g/mol. The molecule has 0 radical (unpaired) electrons. The smallest absolute Gasteiger partial charge is 0.00668 e. The van der Waals surface area contributed by atoms with Crippen molar-refractivity contribution in [3.05, 3.63) is 35.9 Å². The number of nitrogens with one attached hydrogen (secondary N) is 1. The van der Waals surface area contributed by atoms with Crippen molar-refractivity contribution in [1.82, 2.24) is 5.32 Å². The van der Waals surface area contributed by atoms with Gasteiger partial charge >= 0.3 is 0 Å². The van der Waals surface area contributed by atoms with Gasteiger partial charge in [-0.1, -0.05) is 30.3 Å². The first-order chi connectivity index (χ1) is 9.38. The number of hydrogen-bond donors (Lipinski definition) is 1. The van der Waals surface area contributed by atoms with Crippen LogP contribution in [0.15, 0.2) is 30.3 Å². The van der Waals surface area contributed by atoms with Crippen molar-refractivity contribution in [2.75, 3.05) is 18.6 Å². The molecule has 1 aromatic carbocycles. The number of rotatable bonds is 7. The second-order valence-corrected chi connectivity index (χ2v) is 6.88. The Bertz CT molecular complexity index is 332. The van der Waals surface area contributed by atoms with Crippen molar-refractivity contribution in [2.45, 2.75) is 44.6 Å².